The molecule has 0 N–H and O–H groups in total. The minimum atomic E-state index is -0.617. The molecule has 4 heteroatoms. The molecule has 1 amide bonds. The van der Waals surface area contributed by atoms with Crippen molar-refractivity contribution in [2.45, 2.75) is 32.1 Å². The smallest absolute Gasteiger partial charge is 0.238 e. The first-order valence-electron chi connectivity index (χ1n) is 9.16. The summed E-state index contributed by atoms with van der Waals surface area (Å²) in [5.41, 5.74) is 2.59. The number of hydrogen-bond donors (Lipinski definition) is 0. The molecule has 3 nitrogen and oxygen atoms in total. The van der Waals surface area contributed by atoms with Crippen molar-refractivity contribution in [1.82, 2.24) is 0 Å². The number of carbonyl (C=O) groups excluding carboxylic acids is 1. The van der Waals surface area contributed by atoms with Crippen LogP contribution in [0.25, 0.3) is 0 Å². The predicted molar refractivity (Wildman–Crippen MR) is 110 cm³/mol. The number of anilines is 1. The van der Waals surface area contributed by atoms with Gasteiger partial charge in [-0.3, -0.25) is 4.79 Å². The minimum absolute atomic E-state index is 0.141. The van der Waals surface area contributed by atoms with E-state index < -0.39 is 5.41 Å². The zero-order chi connectivity index (χ0) is 18.7. The Morgan fingerprint density at radius 3 is 2.58 bits per heavy atom. The molecule has 1 aliphatic heterocycles. The van der Waals surface area contributed by atoms with Crippen LogP contribution >= 0.6 is 15.9 Å². The van der Waals surface area contributed by atoms with Gasteiger partial charge >= 0.3 is 0 Å². The number of fused-ring (bicyclic) bond motifs is 1. The lowest BCUT2D eigenvalue weighted by Crippen LogP contribution is -2.53. The Morgan fingerprint density at radius 2 is 1.85 bits per heavy atom. The van der Waals surface area contributed by atoms with Crippen molar-refractivity contribution in [3.63, 3.8) is 0 Å². The van der Waals surface area contributed by atoms with Crippen LogP contribution in [0.2, 0.25) is 0 Å². The fraction of sp³-hybridized carbons (Fsp3) is 0.409. The summed E-state index contributed by atoms with van der Waals surface area (Å²) in [6.45, 7) is 4.90. The molecule has 0 saturated carbocycles. The molecular formula is C22H26BrNO2. The molecule has 0 aliphatic carbocycles. The number of alkyl halides is 1. The summed E-state index contributed by atoms with van der Waals surface area (Å²) in [4.78, 5) is 15.4. The van der Waals surface area contributed by atoms with E-state index in [2.05, 4.69) is 41.9 Å². The number of hydrogen-bond acceptors (Lipinski definition) is 2. The average Bonchev–Trinajstić information content (AvgIpc) is 2.65. The zero-order valence-electron chi connectivity index (χ0n) is 15.7. The second kappa shape index (κ2) is 7.83. The van der Waals surface area contributed by atoms with Crippen molar-refractivity contribution in [1.29, 1.82) is 0 Å². The molecule has 1 heterocycles. The highest BCUT2D eigenvalue weighted by molar-refractivity contribution is 9.09. The van der Waals surface area contributed by atoms with Crippen LogP contribution in [0.3, 0.4) is 0 Å². The lowest BCUT2D eigenvalue weighted by atomic mass is 9.64. The van der Waals surface area contributed by atoms with Crippen molar-refractivity contribution in [2.24, 2.45) is 5.92 Å². The molecule has 1 atom stereocenters. The summed E-state index contributed by atoms with van der Waals surface area (Å²) < 4.78 is 6.08. The Bertz CT molecular complexity index is 789. The van der Waals surface area contributed by atoms with Crippen molar-refractivity contribution in [3.8, 4) is 5.75 Å². The lowest BCUT2D eigenvalue weighted by molar-refractivity contribution is -0.126. The van der Waals surface area contributed by atoms with Crippen molar-refractivity contribution in [3.05, 3.63) is 59.7 Å². The van der Waals surface area contributed by atoms with E-state index in [1.807, 2.05) is 48.3 Å². The van der Waals surface area contributed by atoms with Gasteiger partial charge in [0, 0.05) is 23.6 Å². The summed E-state index contributed by atoms with van der Waals surface area (Å²) in [5.74, 6) is 1.11. The van der Waals surface area contributed by atoms with E-state index in [-0.39, 0.29) is 11.8 Å². The Hall–Kier alpha value is -1.81. The monoisotopic (exact) mass is 415 g/mol. The number of carbonyl (C=O) groups is 1. The molecule has 26 heavy (non-hydrogen) atoms. The van der Waals surface area contributed by atoms with Crippen LogP contribution in [0.5, 0.6) is 5.75 Å². The Kier molecular flexibility index (Phi) is 5.71. The Balaban J connectivity index is 2.12. The maximum atomic E-state index is 13.6. The summed E-state index contributed by atoms with van der Waals surface area (Å²) in [7, 11) is 1.88. The third kappa shape index (κ3) is 3.16. The van der Waals surface area contributed by atoms with Gasteiger partial charge in [0.25, 0.3) is 0 Å². The Morgan fingerprint density at radius 1 is 1.15 bits per heavy atom. The third-order valence-corrected chi connectivity index (χ3v) is 5.96. The maximum Gasteiger partial charge on any atom is 0.238 e. The number of nitrogens with zero attached hydrogens (tertiary/aromatic N) is 1. The van der Waals surface area contributed by atoms with Crippen LogP contribution < -0.4 is 9.64 Å². The number of benzene rings is 2. The number of ether oxygens (including phenoxy) is 1. The highest BCUT2D eigenvalue weighted by Gasteiger charge is 2.49. The summed E-state index contributed by atoms with van der Waals surface area (Å²) in [6, 6.07) is 16.2. The predicted octanol–water partition coefficient (Wildman–Crippen LogP) is 4.96. The molecule has 138 valence electrons. The maximum absolute atomic E-state index is 13.6. The Labute approximate surface area is 164 Å². The standard InChI is InChI=1S/C22H26BrNO2/c1-16(2)22(18-10-5-7-12-20(18)26-14-8-13-23)15-17-9-4-6-11-19(17)24(3)21(22)25/h4-7,9-12,16H,8,13-15H2,1-3H3. The first-order chi connectivity index (χ1) is 12.5. The van der Waals surface area contributed by atoms with E-state index in [1.165, 1.54) is 5.56 Å². The van der Waals surface area contributed by atoms with Crippen LogP contribution in [0.15, 0.2) is 48.5 Å². The SMILES string of the molecule is CC(C)C1(c2ccccc2OCCCBr)Cc2ccccc2N(C)C1=O. The molecule has 0 radical (unpaired) electrons. The topological polar surface area (TPSA) is 29.5 Å². The van der Waals surface area contributed by atoms with Gasteiger partial charge in [-0.1, -0.05) is 66.2 Å². The van der Waals surface area contributed by atoms with E-state index in [0.29, 0.717) is 13.0 Å². The number of halogens is 1. The number of amides is 1. The first-order valence-corrected chi connectivity index (χ1v) is 10.3. The lowest BCUT2D eigenvalue weighted by Gasteiger charge is -2.44. The molecule has 2 aromatic carbocycles. The van der Waals surface area contributed by atoms with E-state index in [0.717, 1.165) is 28.8 Å². The number of rotatable bonds is 6. The quantitative estimate of drug-likeness (QED) is 0.492. The molecule has 3 rings (SSSR count). The van der Waals surface area contributed by atoms with Gasteiger partial charge in [-0.05, 0) is 36.5 Å². The van der Waals surface area contributed by atoms with Gasteiger partial charge < -0.3 is 9.64 Å². The molecule has 0 bridgehead atoms. The minimum Gasteiger partial charge on any atom is -0.493 e. The first kappa shape index (κ1) is 19.0. The van der Waals surface area contributed by atoms with Crippen molar-refractivity contribution in [2.75, 3.05) is 23.9 Å². The fourth-order valence-electron chi connectivity index (χ4n) is 3.94. The van der Waals surface area contributed by atoms with Crippen molar-refractivity contribution >= 4 is 27.5 Å². The van der Waals surface area contributed by atoms with Gasteiger partial charge in [0.1, 0.15) is 5.75 Å². The highest BCUT2D eigenvalue weighted by atomic mass is 79.9. The molecule has 0 saturated heterocycles. The van der Waals surface area contributed by atoms with E-state index >= 15 is 0 Å². The van der Waals surface area contributed by atoms with Crippen molar-refractivity contribution < 1.29 is 9.53 Å². The van der Waals surface area contributed by atoms with E-state index in [9.17, 15) is 4.79 Å². The highest BCUT2D eigenvalue weighted by Crippen LogP contribution is 2.46. The summed E-state index contributed by atoms with van der Waals surface area (Å²) in [5, 5.41) is 0.902. The zero-order valence-corrected chi connectivity index (χ0v) is 17.3. The second-order valence-corrected chi connectivity index (χ2v) is 7.98. The average molecular weight is 416 g/mol. The molecule has 1 aliphatic rings. The van der Waals surface area contributed by atoms with Gasteiger partial charge in [0.05, 0.1) is 12.0 Å². The van der Waals surface area contributed by atoms with Gasteiger partial charge in [-0.2, -0.15) is 0 Å². The molecular weight excluding hydrogens is 390 g/mol. The van der Waals surface area contributed by atoms with Gasteiger partial charge in [-0.15, -0.1) is 0 Å². The summed E-state index contributed by atoms with van der Waals surface area (Å²) in [6.07, 6.45) is 1.63. The molecule has 0 fully saturated rings. The van der Waals surface area contributed by atoms with Crippen LogP contribution in [0.1, 0.15) is 31.4 Å². The van der Waals surface area contributed by atoms with Crippen LogP contribution in [0, 0.1) is 5.92 Å². The van der Waals surface area contributed by atoms with E-state index in [4.69, 9.17) is 4.74 Å². The number of likely N-dealkylation sites (N-methyl/N-ethyl adjacent to an activating group) is 1. The van der Waals surface area contributed by atoms with Crippen LogP contribution in [-0.2, 0) is 16.6 Å². The molecule has 2 aromatic rings. The second-order valence-electron chi connectivity index (χ2n) is 7.18. The van der Waals surface area contributed by atoms with Gasteiger partial charge in [0.15, 0.2) is 0 Å². The van der Waals surface area contributed by atoms with Crippen LogP contribution in [0.4, 0.5) is 5.69 Å². The largest absolute Gasteiger partial charge is 0.493 e. The third-order valence-electron chi connectivity index (χ3n) is 5.40. The molecule has 0 aromatic heterocycles. The number of para-hydroxylation sites is 2. The summed E-state index contributed by atoms with van der Waals surface area (Å²) >= 11 is 3.45. The van der Waals surface area contributed by atoms with Gasteiger partial charge in [0.2, 0.25) is 5.91 Å². The van der Waals surface area contributed by atoms with E-state index in [1.54, 1.807) is 0 Å². The molecule has 0 spiro atoms. The normalized spacial score (nSPS) is 19.6. The van der Waals surface area contributed by atoms with Crippen LogP contribution in [-0.4, -0.2) is 24.9 Å². The molecule has 1 unspecified atom stereocenters. The fourth-order valence-corrected chi connectivity index (χ4v) is 4.17. The van der Waals surface area contributed by atoms with Gasteiger partial charge in [-0.25, -0.2) is 0 Å².